The number of rotatable bonds is 5. The molecule has 0 heterocycles. The van der Waals surface area contributed by atoms with E-state index in [0.717, 1.165) is 12.0 Å². The standard InChI is InChI=1S/C14H19NO2S/c1-5-13(6-2)15-11(3)12-7-9-14(10-8-12)18(4,16)17/h1,7-11,13,15H,6H2,2-4H3. The van der Waals surface area contributed by atoms with Gasteiger partial charge >= 0.3 is 0 Å². The SMILES string of the molecule is C#CC(CC)NC(C)c1ccc(S(C)(=O)=O)cc1. The number of nitrogens with one attached hydrogen (secondary N) is 1. The minimum Gasteiger partial charge on any atom is -0.297 e. The number of hydrogen-bond acceptors (Lipinski definition) is 3. The fourth-order valence-corrected chi connectivity index (χ4v) is 2.32. The molecule has 0 aliphatic heterocycles. The average Bonchev–Trinajstić information content (AvgIpc) is 2.34. The summed E-state index contributed by atoms with van der Waals surface area (Å²) in [5, 5.41) is 3.31. The molecule has 4 heteroatoms. The summed E-state index contributed by atoms with van der Waals surface area (Å²) >= 11 is 0. The van der Waals surface area contributed by atoms with Crippen molar-refractivity contribution in [1.29, 1.82) is 0 Å². The second-order valence-electron chi connectivity index (χ2n) is 4.36. The van der Waals surface area contributed by atoms with Crippen LogP contribution >= 0.6 is 0 Å². The van der Waals surface area contributed by atoms with Gasteiger partial charge in [-0.1, -0.05) is 25.0 Å². The van der Waals surface area contributed by atoms with E-state index < -0.39 is 9.84 Å². The van der Waals surface area contributed by atoms with Crippen LogP contribution in [-0.4, -0.2) is 20.7 Å². The summed E-state index contributed by atoms with van der Waals surface area (Å²) in [5.74, 6) is 2.68. The fraction of sp³-hybridized carbons (Fsp3) is 0.429. The highest BCUT2D eigenvalue weighted by molar-refractivity contribution is 7.90. The van der Waals surface area contributed by atoms with Crippen molar-refractivity contribution < 1.29 is 8.42 Å². The first kappa shape index (κ1) is 14.7. The Kier molecular flexibility index (Phi) is 4.94. The molecule has 2 unspecified atom stereocenters. The van der Waals surface area contributed by atoms with Crippen molar-refractivity contribution in [2.24, 2.45) is 0 Å². The Bertz CT molecular complexity index is 526. The van der Waals surface area contributed by atoms with E-state index >= 15 is 0 Å². The lowest BCUT2D eigenvalue weighted by molar-refractivity contribution is 0.512. The summed E-state index contributed by atoms with van der Waals surface area (Å²) in [6, 6.07) is 7.02. The van der Waals surface area contributed by atoms with Crippen LogP contribution in [0.5, 0.6) is 0 Å². The first-order valence-electron chi connectivity index (χ1n) is 5.90. The molecule has 0 bridgehead atoms. The van der Waals surface area contributed by atoms with E-state index in [9.17, 15) is 8.42 Å². The fourth-order valence-electron chi connectivity index (χ4n) is 1.69. The molecule has 0 amide bonds. The Labute approximate surface area is 110 Å². The minimum atomic E-state index is -3.13. The molecule has 1 aromatic rings. The molecule has 2 atom stereocenters. The van der Waals surface area contributed by atoms with E-state index in [4.69, 9.17) is 6.42 Å². The predicted octanol–water partition coefficient (Wildman–Crippen LogP) is 2.15. The van der Waals surface area contributed by atoms with Gasteiger partial charge in [-0.25, -0.2) is 8.42 Å². The maximum atomic E-state index is 11.3. The maximum Gasteiger partial charge on any atom is 0.175 e. The van der Waals surface area contributed by atoms with Crippen LogP contribution in [0.1, 0.15) is 31.9 Å². The van der Waals surface area contributed by atoms with Gasteiger partial charge in [0.05, 0.1) is 10.9 Å². The van der Waals surface area contributed by atoms with Crippen molar-refractivity contribution in [3.8, 4) is 12.3 Å². The summed E-state index contributed by atoms with van der Waals surface area (Å²) in [6.07, 6.45) is 7.47. The van der Waals surface area contributed by atoms with E-state index in [0.29, 0.717) is 4.90 Å². The van der Waals surface area contributed by atoms with Crippen LogP contribution in [0.15, 0.2) is 29.2 Å². The van der Waals surface area contributed by atoms with E-state index in [1.54, 1.807) is 12.1 Å². The van der Waals surface area contributed by atoms with Crippen molar-refractivity contribution in [3.63, 3.8) is 0 Å². The molecule has 18 heavy (non-hydrogen) atoms. The molecule has 0 aliphatic carbocycles. The Morgan fingerprint density at radius 2 is 1.89 bits per heavy atom. The van der Waals surface area contributed by atoms with Gasteiger partial charge in [0.15, 0.2) is 9.84 Å². The average molecular weight is 265 g/mol. The van der Waals surface area contributed by atoms with Crippen molar-refractivity contribution in [2.45, 2.75) is 37.2 Å². The van der Waals surface area contributed by atoms with Gasteiger partial charge in [-0.05, 0) is 31.0 Å². The van der Waals surface area contributed by atoms with Crippen molar-refractivity contribution in [2.75, 3.05) is 6.26 Å². The molecule has 1 aromatic carbocycles. The zero-order chi connectivity index (χ0) is 13.8. The van der Waals surface area contributed by atoms with E-state index in [1.165, 1.54) is 6.26 Å². The zero-order valence-corrected chi connectivity index (χ0v) is 11.8. The Morgan fingerprint density at radius 3 is 2.28 bits per heavy atom. The monoisotopic (exact) mass is 265 g/mol. The molecular weight excluding hydrogens is 246 g/mol. The lowest BCUT2D eigenvalue weighted by Gasteiger charge is -2.18. The number of sulfone groups is 1. The molecule has 1 N–H and O–H groups in total. The molecule has 0 saturated heterocycles. The first-order valence-corrected chi connectivity index (χ1v) is 7.79. The molecule has 0 saturated carbocycles. The number of benzene rings is 1. The second kappa shape index (κ2) is 6.03. The largest absolute Gasteiger partial charge is 0.297 e. The molecule has 3 nitrogen and oxygen atoms in total. The van der Waals surface area contributed by atoms with Crippen LogP contribution in [-0.2, 0) is 9.84 Å². The van der Waals surface area contributed by atoms with E-state index in [2.05, 4.69) is 11.2 Å². The highest BCUT2D eigenvalue weighted by Gasteiger charge is 2.11. The molecule has 98 valence electrons. The zero-order valence-electron chi connectivity index (χ0n) is 11.0. The topological polar surface area (TPSA) is 46.2 Å². The lowest BCUT2D eigenvalue weighted by Crippen LogP contribution is -2.29. The molecule has 0 fully saturated rings. The summed E-state index contributed by atoms with van der Waals surface area (Å²) in [6.45, 7) is 4.03. The molecule has 0 radical (unpaired) electrons. The van der Waals surface area contributed by atoms with Crippen molar-refractivity contribution in [3.05, 3.63) is 29.8 Å². The Balaban J connectivity index is 2.83. The van der Waals surface area contributed by atoms with Gasteiger partial charge in [-0.3, -0.25) is 5.32 Å². The van der Waals surface area contributed by atoms with Crippen LogP contribution in [0.2, 0.25) is 0 Å². The van der Waals surface area contributed by atoms with Gasteiger partial charge in [0.25, 0.3) is 0 Å². The third-order valence-electron chi connectivity index (χ3n) is 2.87. The van der Waals surface area contributed by atoms with Gasteiger partial charge in [-0.15, -0.1) is 6.42 Å². The highest BCUT2D eigenvalue weighted by atomic mass is 32.2. The summed E-state index contributed by atoms with van der Waals surface area (Å²) < 4.78 is 22.7. The normalized spacial score (nSPS) is 14.8. The van der Waals surface area contributed by atoms with Gasteiger partial charge in [0.1, 0.15) is 0 Å². The van der Waals surface area contributed by atoms with Crippen LogP contribution in [0.4, 0.5) is 0 Å². The summed E-state index contributed by atoms with van der Waals surface area (Å²) in [7, 11) is -3.13. The molecular formula is C14H19NO2S. The van der Waals surface area contributed by atoms with Crippen LogP contribution in [0.25, 0.3) is 0 Å². The van der Waals surface area contributed by atoms with E-state index in [-0.39, 0.29) is 12.1 Å². The van der Waals surface area contributed by atoms with Crippen LogP contribution in [0, 0.1) is 12.3 Å². The highest BCUT2D eigenvalue weighted by Crippen LogP contribution is 2.16. The number of terminal acetylenes is 1. The third kappa shape index (κ3) is 3.86. The van der Waals surface area contributed by atoms with E-state index in [1.807, 2.05) is 26.0 Å². The quantitative estimate of drug-likeness (QED) is 0.830. The molecule has 0 aromatic heterocycles. The summed E-state index contributed by atoms with van der Waals surface area (Å²) in [4.78, 5) is 0.336. The van der Waals surface area contributed by atoms with Gasteiger partial charge in [0.2, 0.25) is 0 Å². The maximum absolute atomic E-state index is 11.3. The third-order valence-corrected chi connectivity index (χ3v) is 4.00. The Morgan fingerprint density at radius 1 is 1.33 bits per heavy atom. The predicted molar refractivity (Wildman–Crippen MR) is 74.0 cm³/mol. The smallest absolute Gasteiger partial charge is 0.175 e. The van der Waals surface area contributed by atoms with Crippen LogP contribution in [0.3, 0.4) is 0 Å². The molecule has 0 spiro atoms. The molecule has 0 aliphatic rings. The van der Waals surface area contributed by atoms with Crippen LogP contribution < -0.4 is 5.32 Å². The van der Waals surface area contributed by atoms with Crippen molar-refractivity contribution in [1.82, 2.24) is 5.32 Å². The first-order chi connectivity index (χ1) is 8.38. The molecule has 1 rings (SSSR count). The van der Waals surface area contributed by atoms with Gasteiger partial charge < -0.3 is 0 Å². The minimum absolute atomic E-state index is 0.0367. The summed E-state index contributed by atoms with van der Waals surface area (Å²) in [5.41, 5.74) is 1.02. The lowest BCUT2D eigenvalue weighted by atomic mass is 10.1. The van der Waals surface area contributed by atoms with Gasteiger partial charge in [-0.2, -0.15) is 0 Å². The second-order valence-corrected chi connectivity index (χ2v) is 6.37. The van der Waals surface area contributed by atoms with Crippen molar-refractivity contribution >= 4 is 9.84 Å². The van der Waals surface area contributed by atoms with Gasteiger partial charge in [0, 0.05) is 12.3 Å². The number of hydrogen-bond donors (Lipinski definition) is 1. The Hall–Kier alpha value is -1.31.